The van der Waals surface area contributed by atoms with E-state index >= 15 is 0 Å². The first-order valence-corrected chi connectivity index (χ1v) is 10.5. The van der Waals surface area contributed by atoms with Gasteiger partial charge in [0.25, 0.3) is 5.91 Å². The molecule has 31 heavy (non-hydrogen) atoms. The van der Waals surface area contributed by atoms with E-state index in [1.165, 1.54) is 5.56 Å². The van der Waals surface area contributed by atoms with E-state index in [9.17, 15) is 10.1 Å². The van der Waals surface area contributed by atoms with Crippen LogP contribution in [-0.4, -0.2) is 18.1 Å². The minimum Gasteiger partial charge on any atom is -0.489 e. The molecule has 0 radical (unpaired) electrons. The number of hydrogen-bond donors (Lipinski definition) is 1. The Labute approximate surface area is 184 Å². The summed E-state index contributed by atoms with van der Waals surface area (Å²) in [7, 11) is 0. The number of carbonyl (C=O) groups is 1. The normalized spacial score (nSPS) is 20.8. The lowest BCUT2D eigenvalue weighted by molar-refractivity contribution is -0.164. The summed E-state index contributed by atoms with van der Waals surface area (Å²) in [4.78, 5) is 12.9. The van der Waals surface area contributed by atoms with E-state index in [4.69, 9.17) is 10.00 Å². The molecule has 2 aromatic carbocycles. The van der Waals surface area contributed by atoms with Crippen molar-refractivity contribution in [2.24, 2.45) is 10.8 Å². The van der Waals surface area contributed by atoms with E-state index in [-0.39, 0.29) is 28.9 Å². The molecule has 1 N–H and O–H groups in total. The van der Waals surface area contributed by atoms with E-state index in [1.807, 2.05) is 36.4 Å². The minimum absolute atomic E-state index is 0.0869. The van der Waals surface area contributed by atoms with Gasteiger partial charge in [0.05, 0.1) is 11.1 Å². The quantitative estimate of drug-likeness (QED) is 0.730. The van der Waals surface area contributed by atoms with Crippen molar-refractivity contribution in [3.8, 4) is 17.9 Å². The van der Waals surface area contributed by atoms with Gasteiger partial charge in [0.15, 0.2) is 0 Å². The lowest BCUT2D eigenvalue weighted by Crippen LogP contribution is -2.74. The van der Waals surface area contributed by atoms with E-state index in [0.717, 1.165) is 0 Å². The number of nitriles is 2. The molecule has 1 aliphatic rings. The second-order valence-electron chi connectivity index (χ2n) is 9.75. The molecule has 1 fully saturated rings. The van der Waals surface area contributed by atoms with Crippen LogP contribution in [0.1, 0.15) is 74.5 Å². The van der Waals surface area contributed by atoms with Crippen molar-refractivity contribution < 1.29 is 9.53 Å². The smallest absolute Gasteiger partial charge is 0.251 e. The Morgan fingerprint density at radius 3 is 2.06 bits per heavy atom. The van der Waals surface area contributed by atoms with E-state index in [2.05, 4.69) is 46.9 Å². The number of hydrogen-bond acceptors (Lipinski definition) is 4. The number of carbonyl (C=O) groups excluding carboxylic acids is 1. The van der Waals surface area contributed by atoms with E-state index in [1.54, 1.807) is 18.2 Å². The molecule has 0 aliphatic heterocycles. The maximum Gasteiger partial charge on any atom is 0.251 e. The minimum atomic E-state index is -0.322. The maximum atomic E-state index is 12.9. The van der Waals surface area contributed by atoms with Crippen molar-refractivity contribution in [1.29, 1.82) is 10.5 Å². The average Bonchev–Trinajstić information content (AvgIpc) is 2.74. The Morgan fingerprint density at radius 1 is 0.968 bits per heavy atom. The molecule has 0 atom stereocenters. The van der Waals surface area contributed by atoms with Gasteiger partial charge < -0.3 is 10.1 Å². The molecule has 1 aliphatic carbocycles. The van der Waals surface area contributed by atoms with E-state index in [0.29, 0.717) is 28.4 Å². The average molecular weight is 416 g/mol. The number of ether oxygens (including phenoxy) is 1. The molecule has 0 spiro atoms. The Balaban J connectivity index is 1.76. The zero-order valence-corrected chi connectivity index (χ0v) is 19.0. The lowest BCUT2D eigenvalue weighted by atomic mass is 9.49. The van der Waals surface area contributed by atoms with Crippen LogP contribution in [0.25, 0.3) is 0 Å². The summed E-state index contributed by atoms with van der Waals surface area (Å²) in [5.74, 6) is 0.879. The van der Waals surface area contributed by atoms with Crippen molar-refractivity contribution >= 4 is 5.91 Å². The summed E-state index contributed by atoms with van der Waals surface area (Å²) in [6.07, 6.45) is -0.173. The van der Waals surface area contributed by atoms with Gasteiger partial charge in [-0.3, -0.25) is 4.79 Å². The summed E-state index contributed by atoms with van der Waals surface area (Å²) in [5, 5.41) is 21.6. The molecule has 0 bridgehead atoms. The van der Waals surface area contributed by atoms with Crippen LogP contribution in [0.5, 0.6) is 5.75 Å². The molecule has 0 saturated heterocycles. The maximum absolute atomic E-state index is 12.9. The molecule has 0 unspecified atom stereocenters. The molecular weight excluding hydrogens is 386 g/mol. The van der Waals surface area contributed by atoms with Crippen molar-refractivity contribution in [1.82, 2.24) is 5.32 Å². The number of nitrogens with zero attached hydrogens (tertiary/aromatic N) is 2. The van der Waals surface area contributed by atoms with Crippen molar-refractivity contribution in [3.63, 3.8) is 0 Å². The van der Waals surface area contributed by atoms with Gasteiger partial charge in [-0.25, -0.2) is 0 Å². The fraction of sp³-hybridized carbons (Fsp3) is 0.423. The first-order chi connectivity index (χ1) is 14.5. The van der Waals surface area contributed by atoms with Crippen molar-refractivity contribution in [2.75, 3.05) is 0 Å². The Bertz CT molecular complexity index is 1050. The molecule has 5 heteroatoms. The van der Waals surface area contributed by atoms with Crippen LogP contribution in [-0.2, 0) is 0 Å². The predicted octanol–water partition coefficient (Wildman–Crippen LogP) is 5.17. The van der Waals surface area contributed by atoms with Gasteiger partial charge in [0.2, 0.25) is 0 Å². The number of rotatable bonds is 5. The molecule has 0 aromatic heterocycles. The summed E-state index contributed by atoms with van der Waals surface area (Å²) in [5.41, 5.74) is 1.83. The van der Waals surface area contributed by atoms with Gasteiger partial charge in [-0.2, -0.15) is 10.5 Å². The van der Waals surface area contributed by atoms with Gasteiger partial charge in [0, 0.05) is 22.4 Å². The third-order valence-corrected chi connectivity index (χ3v) is 6.44. The second kappa shape index (κ2) is 8.08. The zero-order valence-electron chi connectivity index (χ0n) is 19.0. The largest absolute Gasteiger partial charge is 0.489 e. The molecule has 160 valence electrons. The van der Waals surface area contributed by atoms with Crippen molar-refractivity contribution in [3.05, 3.63) is 64.7 Å². The number of benzene rings is 2. The van der Waals surface area contributed by atoms with Gasteiger partial charge in [-0.05, 0) is 41.8 Å². The van der Waals surface area contributed by atoms with Crippen LogP contribution < -0.4 is 10.1 Å². The fourth-order valence-electron chi connectivity index (χ4n) is 4.96. The van der Waals surface area contributed by atoms with Crippen LogP contribution in [0.15, 0.2) is 42.5 Å². The summed E-state index contributed by atoms with van der Waals surface area (Å²) < 4.78 is 6.27. The third-order valence-electron chi connectivity index (χ3n) is 6.44. The number of nitrogens with one attached hydrogen (secondary N) is 1. The summed E-state index contributed by atoms with van der Waals surface area (Å²) >= 11 is 0. The lowest BCUT2D eigenvalue weighted by Gasteiger charge is -2.63. The molecule has 0 heterocycles. The molecule has 2 aromatic rings. The van der Waals surface area contributed by atoms with Gasteiger partial charge in [-0.1, -0.05) is 53.7 Å². The molecule has 3 rings (SSSR count). The topological polar surface area (TPSA) is 85.9 Å². The Hall–Kier alpha value is -3.31. The second-order valence-corrected chi connectivity index (χ2v) is 9.75. The predicted molar refractivity (Wildman–Crippen MR) is 120 cm³/mol. The monoisotopic (exact) mass is 415 g/mol. The molecule has 1 saturated carbocycles. The Morgan fingerprint density at radius 2 is 1.55 bits per heavy atom. The summed E-state index contributed by atoms with van der Waals surface area (Å²) in [6.45, 7) is 12.6. The first kappa shape index (κ1) is 22.4. The molecule has 1 amide bonds. The van der Waals surface area contributed by atoms with Gasteiger partial charge in [0.1, 0.15) is 24.0 Å². The zero-order chi connectivity index (χ0) is 23.0. The fourth-order valence-corrected chi connectivity index (χ4v) is 4.96. The highest BCUT2D eigenvalue weighted by Gasteiger charge is 2.64. The Kier molecular flexibility index (Phi) is 5.83. The highest BCUT2D eigenvalue weighted by molar-refractivity contribution is 5.94. The van der Waals surface area contributed by atoms with Gasteiger partial charge in [-0.15, -0.1) is 0 Å². The van der Waals surface area contributed by atoms with Crippen LogP contribution in [0.4, 0.5) is 0 Å². The van der Waals surface area contributed by atoms with Crippen LogP contribution in [0.2, 0.25) is 0 Å². The third kappa shape index (κ3) is 4.01. The van der Waals surface area contributed by atoms with Crippen LogP contribution >= 0.6 is 0 Å². The van der Waals surface area contributed by atoms with Crippen molar-refractivity contribution in [2.45, 2.75) is 59.6 Å². The van der Waals surface area contributed by atoms with Crippen LogP contribution in [0.3, 0.4) is 0 Å². The highest BCUT2D eigenvalue weighted by atomic mass is 16.5. The first-order valence-electron chi connectivity index (χ1n) is 10.5. The summed E-state index contributed by atoms with van der Waals surface area (Å²) in [6, 6.07) is 16.6. The van der Waals surface area contributed by atoms with Crippen LogP contribution in [0, 0.1) is 33.5 Å². The van der Waals surface area contributed by atoms with Gasteiger partial charge >= 0.3 is 0 Å². The highest BCUT2D eigenvalue weighted by Crippen LogP contribution is 2.55. The van der Waals surface area contributed by atoms with E-state index < -0.39 is 0 Å². The number of amides is 1. The molecular formula is C26H29N3O2. The SMILES string of the molecule is CC(C)c1ccc(C(=O)NC2C(C)(C)C(Oc3ccc(C#N)c(C#N)c3)C2(C)C)cc1. The molecule has 5 nitrogen and oxygen atoms in total. The standard InChI is InChI=1S/C26H29N3O2/c1-16(2)17-7-9-18(10-8-17)22(30)29-23-25(3,4)24(26(23,5)6)31-21-12-11-19(14-27)20(13-21)15-28/h7-13,16,23-24H,1-6H3,(H,29,30).